The fraction of sp³-hybridized carbons (Fsp3) is 0.643. The predicted molar refractivity (Wildman–Crippen MR) is 90.3 cm³/mol. The molecule has 1 aromatic rings. The second kappa shape index (κ2) is 6.97. The van der Waals surface area contributed by atoms with Crippen LogP contribution in [0.4, 0.5) is 4.79 Å². The van der Waals surface area contributed by atoms with E-state index in [1.165, 1.54) is 4.90 Å². The van der Waals surface area contributed by atoms with Gasteiger partial charge in [-0.25, -0.2) is 10.3 Å². The maximum absolute atomic E-state index is 12.5. The summed E-state index contributed by atoms with van der Waals surface area (Å²) >= 11 is 0. The average Bonchev–Trinajstić information content (AvgIpc) is 3.26. The van der Waals surface area contributed by atoms with E-state index in [9.17, 15) is 18.0 Å². The summed E-state index contributed by atoms with van der Waals surface area (Å²) in [6.45, 7) is 0.963. The zero-order chi connectivity index (χ0) is 20.1. The van der Waals surface area contributed by atoms with Crippen LogP contribution in [0.25, 0.3) is 0 Å². The fourth-order valence-corrected chi connectivity index (χ4v) is 4.22. The van der Waals surface area contributed by atoms with Gasteiger partial charge in [-0.3, -0.25) is 18.9 Å². The summed E-state index contributed by atoms with van der Waals surface area (Å²) in [5.41, 5.74) is 4.42. The Bertz CT molecular complexity index is 902. The van der Waals surface area contributed by atoms with Crippen molar-refractivity contribution in [3.63, 3.8) is 0 Å². The average molecular weight is 416 g/mol. The Hall–Kier alpha value is -2.26. The molecule has 4 heterocycles. The first-order chi connectivity index (χ1) is 13.2. The van der Waals surface area contributed by atoms with E-state index in [1.54, 1.807) is 10.9 Å². The Labute approximate surface area is 160 Å². The predicted octanol–water partition coefficient (Wildman–Crippen LogP) is -1.38. The summed E-state index contributed by atoms with van der Waals surface area (Å²) in [4.78, 5) is 31.3. The van der Waals surface area contributed by atoms with Crippen molar-refractivity contribution in [3.8, 4) is 0 Å². The first kappa shape index (κ1) is 19.1. The molecule has 0 aliphatic carbocycles. The number of aromatic nitrogens is 2. The largest absolute Gasteiger partial charge is 0.418 e. The molecule has 3 N–H and O–H groups in total. The van der Waals surface area contributed by atoms with Crippen molar-refractivity contribution in [1.29, 1.82) is 0 Å². The van der Waals surface area contributed by atoms with Crippen LogP contribution < -0.4 is 10.8 Å². The molecule has 3 aliphatic heterocycles. The Morgan fingerprint density at radius 3 is 3.00 bits per heavy atom. The number of carbonyl (C=O) groups is 2. The highest BCUT2D eigenvalue weighted by Crippen LogP contribution is 2.31. The minimum Gasteiger partial charge on any atom is -0.309 e. The van der Waals surface area contributed by atoms with Crippen LogP contribution in [-0.4, -0.2) is 69.9 Å². The lowest BCUT2D eigenvalue weighted by atomic mass is 10.0. The first-order valence-corrected chi connectivity index (χ1v) is 10.0. The van der Waals surface area contributed by atoms with E-state index < -0.39 is 34.4 Å². The number of aryl methyl sites for hydroxylation is 1. The molecule has 0 radical (unpaired) electrons. The van der Waals surface area contributed by atoms with Crippen LogP contribution >= 0.6 is 0 Å². The third-order valence-electron chi connectivity index (χ3n) is 5.21. The second-order valence-corrected chi connectivity index (χ2v) is 7.90. The van der Waals surface area contributed by atoms with E-state index in [2.05, 4.69) is 20.2 Å². The van der Waals surface area contributed by atoms with Gasteiger partial charge in [0.2, 0.25) is 0 Å². The van der Waals surface area contributed by atoms with Crippen LogP contribution in [0, 0.1) is 0 Å². The Morgan fingerprint density at radius 1 is 1.46 bits per heavy atom. The smallest absolute Gasteiger partial charge is 0.309 e. The third kappa shape index (κ3) is 3.44. The van der Waals surface area contributed by atoms with E-state index in [0.717, 1.165) is 11.3 Å². The first-order valence-electron chi connectivity index (χ1n) is 8.67. The van der Waals surface area contributed by atoms with Gasteiger partial charge in [-0.1, -0.05) is 0 Å². The molecule has 14 heteroatoms. The lowest BCUT2D eigenvalue weighted by Crippen LogP contribution is -2.50. The molecule has 3 atom stereocenters. The number of urea groups is 1. The minimum atomic E-state index is -4.82. The number of hydrogen-bond acceptors (Lipinski definition) is 8. The lowest BCUT2D eigenvalue weighted by molar-refractivity contribution is -0.139. The summed E-state index contributed by atoms with van der Waals surface area (Å²) in [7, 11) is -2.97. The van der Waals surface area contributed by atoms with Crippen molar-refractivity contribution in [3.05, 3.63) is 17.5 Å². The maximum atomic E-state index is 12.5. The summed E-state index contributed by atoms with van der Waals surface area (Å²) in [5.74, 6) is -0.509. The van der Waals surface area contributed by atoms with Crippen LogP contribution in [0.15, 0.2) is 6.20 Å². The molecule has 154 valence electrons. The van der Waals surface area contributed by atoms with E-state index in [0.29, 0.717) is 24.4 Å². The van der Waals surface area contributed by atoms with Crippen LogP contribution in [0.5, 0.6) is 0 Å². The SMILES string of the molecule is Cn1ncc2c1CN[C@@H]2CONC(=O)[C@@H]1CC[C@@H]2CN1C(=O)N2OS(=O)(=O)O. The number of piperidine rings is 1. The molecule has 0 aromatic carbocycles. The highest BCUT2D eigenvalue weighted by atomic mass is 32.3. The zero-order valence-corrected chi connectivity index (χ0v) is 15.8. The summed E-state index contributed by atoms with van der Waals surface area (Å²) in [6, 6.07) is -2.26. The molecule has 28 heavy (non-hydrogen) atoms. The van der Waals surface area contributed by atoms with Crippen molar-refractivity contribution in [1.82, 2.24) is 30.5 Å². The molecule has 0 saturated carbocycles. The van der Waals surface area contributed by atoms with E-state index in [1.807, 2.05) is 7.05 Å². The lowest BCUT2D eigenvalue weighted by Gasteiger charge is -2.29. The van der Waals surface area contributed by atoms with Gasteiger partial charge in [-0.2, -0.15) is 18.6 Å². The van der Waals surface area contributed by atoms with Gasteiger partial charge < -0.3 is 10.2 Å². The van der Waals surface area contributed by atoms with Gasteiger partial charge >= 0.3 is 16.4 Å². The van der Waals surface area contributed by atoms with E-state index in [-0.39, 0.29) is 19.2 Å². The third-order valence-corrected chi connectivity index (χ3v) is 5.56. The van der Waals surface area contributed by atoms with E-state index in [4.69, 9.17) is 9.39 Å². The monoisotopic (exact) mass is 416 g/mol. The molecule has 1 aromatic heterocycles. The second-order valence-electron chi connectivity index (χ2n) is 6.89. The van der Waals surface area contributed by atoms with Gasteiger partial charge in [0.25, 0.3) is 5.91 Å². The van der Waals surface area contributed by atoms with Crippen molar-refractivity contribution in [2.24, 2.45) is 7.05 Å². The van der Waals surface area contributed by atoms with Crippen molar-refractivity contribution >= 4 is 22.3 Å². The van der Waals surface area contributed by atoms with Gasteiger partial charge in [-0.15, -0.1) is 4.28 Å². The summed E-state index contributed by atoms with van der Waals surface area (Å²) in [5, 5.41) is 8.03. The molecule has 3 aliphatic rings. The van der Waals surface area contributed by atoms with Crippen molar-refractivity contribution in [2.45, 2.75) is 37.5 Å². The van der Waals surface area contributed by atoms with Gasteiger partial charge in [0, 0.05) is 25.7 Å². The fourth-order valence-electron chi connectivity index (χ4n) is 3.83. The van der Waals surface area contributed by atoms with Gasteiger partial charge in [0.05, 0.1) is 30.6 Å². The molecule has 2 fully saturated rings. The standard InChI is InChI=1S/C14H20N6O7S/c1-18-12-5-15-10(9(12)4-16-18)7-26-17-13(21)11-3-2-8-6-19(11)14(22)20(8)27-28(23,24)25/h4,8,10-11,15H,2-3,5-7H2,1H3,(H,17,21)(H,23,24,25)/t8-,10-,11+/m1/s1. The number of fused-ring (bicyclic) bond motifs is 3. The molecule has 13 nitrogen and oxygen atoms in total. The number of hydroxylamine groups is 3. The molecular formula is C14H20N6O7S. The number of amides is 3. The molecule has 0 spiro atoms. The topological polar surface area (TPSA) is 155 Å². The molecular weight excluding hydrogens is 396 g/mol. The summed E-state index contributed by atoms with van der Waals surface area (Å²) < 4.78 is 36.7. The van der Waals surface area contributed by atoms with Crippen LogP contribution in [0.2, 0.25) is 0 Å². The molecule has 3 amide bonds. The van der Waals surface area contributed by atoms with Gasteiger partial charge in [0.15, 0.2) is 0 Å². The number of hydrogen-bond donors (Lipinski definition) is 3. The Morgan fingerprint density at radius 2 is 2.25 bits per heavy atom. The summed E-state index contributed by atoms with van der Waals surface area (Å²) in [6.07, 6.45) is 2.41. The number of nitrogens with zero attached hydrogens (tertiary/aromatic N) is 4. The number of carbonyl (C=O) groups excluding carboxylic acids is 2. The van der Waals surface area contributed by atoms with Crippen LogP contribution in [0.1, 0.15) is 30.1 Å². The number of nitrogens with one attached hydrogen (secondary N) is 2. The quantitative estimate of drug-likeness (QED) is 0.375. The van der Waals surface area contributed by atoms with Crippen LogP contribution in [0.3, 0.4) is 0 Å². The highest BCUT2D eigenvalue weighted by molar-refractivity contribution is 7.80. The molecule has 0 unspecified atom stereocenters. The number of rotatable bonds is 6. The molecule has 2 bridgehead atoms. The van der Waals surface area contributed by atoms with Crippen molar-refractivity contribution < 1.29 is 31.7 Å². The van der Waals surface area contributed by atoms with Crippen LogP contribution in [-0.2, 0) is 37.9 Å². The minimum absolute atomic E-state index is 0.105. The van der Waals surface area contributed by atoms with E-state index >= 15 is 0 Å². The van der Waals surface area contributed by atoms with Gasteiger partial charge in [-0.05, 0) is 12.8 Å². The Balaban J connectivity index is 1.32. The van der Waals surface area contributed by atoms with Gasteiger partial charge in [0.1, 0.15) is 6.04 Å². The van der Waals surface area contributed by atoms with Crippen molar-refractivity contribution in [2.75, 3.05) is 13.2 Å². The highest BCUT2D eigenvalue weighted by Gasteiger charge is 2.49. The Kier molecular flexibility index (Phi) is 4.75. The molecule has 2 saturated heterocycles. The normalized spacial score (nSPS) is 26.6. The molecule has 4 rings (SSSR count). The zero-order valence-electron chi connectivity index (χ0n) is 14.9. The maximum Gasteiger partial charge on any atom is 0.418 e.